The van der Waals surface area contributed by atoms with Gasteiger partial charge in [-0.25, -0.2) is 0 Å². The van der Waals surface area contributed by atoms with Crippen molar-refractivity contribution >= 4 is 30.6 Å². The molecule has 0 amide bonds. The maximum atomic E-state index is 10.8. The van der Waals surface area contributed by atoms with Gasteiger partial charge in [0.25, 0.3) is 0 Å². The molecule has 0 spiro atoms. The second-order valence-corrected chi connectivity index (χ2v) is 5.21. The third-order valence-electron chi connectivity index (χ3n) is 1.25. The Morgan fingerprint density at radius 2 is 2.23 bits per heavy atom. The summed E-state index contributed by atoms with van der Waals surface area (Å²) >= 11 is -0.574. The normalized spacial score (nSPS) is 10.5. The molecule has 1 aromatic heterocycles. The van der Waals surface area contributed by atoms with Crippen LogP contribution in [0.1, 0.15) is 17.4 Å². The molecular formula is C8H7AsNO3. The van der Waals surface area contributed by atoms with E-state index < -0.39 is 21.7 Å². The molecule has 0 aromatic carbocycles. The first-order valence-electron chi connectivity index (χ1n) is 3.51. The Hall–Kier alpha value is -1.15. The van der Waals surface area contributed by atoms with Crippen LogP contribution < -0.4 is 4.35 Å². The summed E-state index contributed by atoms with van der Waals surface area (Å²) in [7, 11) is 0. The van der Waals surface area contributed by atoms with Crippen molar-refractivity contribution in [1.29, 1.82) is 0 Å². The number of hydrogen-bond donors (Lipinski definition) is 1. The molecular weight excluding hydrogens is 233 g/mol. The number of carboxylic acids is 1. The van der Waals surface area contributed by atoms with Crippen molar-refractivity contribution in [3.8, 4) is 0 Å². The molecule has 0 unspecified atom stereocenters. The monoisotopic (exact) mass is 240 g/mol. The first-order chi connectivity index (χ1) is 6.09. The summed E-state index contributed by atoms with van der Waals surface area (Å²) in [6, 6.07) is 3.12. The summed E-state index contributed by atoms with van der Waals surface area (Å²) in [5.74, 6) is -1.06. The van der Waals surface area contributed by atoms with Crippen molar-refractivity contribution < 1.29 is 14.7 Å². The van der Waals surface area contributed by atoms with Crippen LogP contribution in [0.15, 0.2) is 18.3 Å². The summed E-state index contributed by atoms with van der Waals surface area (Å²) in [5.41, 5.74) is -0.00550. The molecule has 0 bridgehead atoms. The molecule has 0 aliphatic carbocycles. The van der Waals surface area contributed by atoms with Gasteiger partial charge in [0, 0.05) is 0 Å². The molecule has 0 atom stereocenters. The van der Waals surface area contributed by atoms with Crippen LogP contribution in [-0.4, -0.2) is 36.4 Å². The third kappa shape index (κ3) is 2.99. The van der Waals surface area contributed by atoms with Crippen LogP contribution in [0.25, 0.3) is 0 Å². The van der Waals surface area contributed by atoms with Crippen LogP contribution in [0.3, 0.4) is 0 Å². The molecule has 1 radical (unpaired) electrons. The number of carbonyl (C=O) groups excluding carboxylic acids is 1. The molecule has 0 saturated carbocycles. The van der Waals surface area contributed by atoms with Gasteiger partial charge in [-0.3, -0.25) is 0 Å². The zero-order chi connectivity index (χ0) is 9.84. The second-order valence-electron chi connectivity index (χ2n) is 2.34. The van der Waals surface area contributed by atoms with Gasteiger partial charge in [-0.1, -0.05) is 0 Å². The van der Waals surface area contributed by atoms with Gasteiger partial charge in [0.2, 0.25) is 0 Å². The van der Waals surface area contributed by atoms with E-state index in [-0.39, 0.29) is 10.3 Å². The van der Waals surface area contributed by atoms with Crippen LogP contribution >= 0.6 is 0 Å². The van der Waals surface area contributed by atoms with Crippen molar-refractivity contribution in [2.45, 2.75) is 6.92 Å². The van der Waals surface area contributed by atoms with E-state index >= 15 is 0 Å². The Bertz CT molecular complexity index is 351. The number of carboxylic acid groups (broad SMARTS) is 1. The molecule has 1 rings (SSSR count). The molecule has 67 valence electrons. The minimum absolute atomic E-state index is 0.00550. The van der Waals surface area contributed by atoms with E-state index in [2.05, 4.69) is 4.98 Å². The molecule has 0 aliphatic rings. The molecule has 1 N–H and O–H groups in total. The fourth-order valence-corrected chi connectivity index (χ4v) is 2.24. The zero-order valence-corrected chi connectivity index (χ0v) is 8.77. The van der Waals surface area contributed by atoms with E-state index in [4.69, 9.17) is 5.11 Å². The van der Waals surface area contributed by atoms with Gasteiger partial charge >= 0.3 is 81.3 Å². The SMILES string of the molecule is CC(=O)[As]c1ccnc(C(=O)O)c1. The van der Waals surface area contributed by atoms with E-state index in [1.165, 1.54) is 19.2 Å². The number of rotatable bonds is 3. The Balaban J connectivity index is 2.91. The van der Waals surface area contributed by atoms with Crippen LogP contribution in [0, 0.1) is 0 Å². The number of hydrogen-bond acceptors (Lipinski definition) is 3. The van der Waals surface area contributed by atoms with Gasteiger partial charge in [-0.2, -0.15) is 0 Å². The number of aromatic nitrogens is 1. The molecule has 0 fully saturated rings. The maximum absolute atomic E-state index is 10.8. The van der Waals surface area contributed by atoms with Crippen molar-refractivity contribution in [2.24, 2.45) is 0 Å². The third-order valence-corrected chi connectivity index (χ3v) is 3.04. The number of pyridine rings is 1. The molecule has 4 nitrogen and oxygen atoms in total. The Morgan fingerprint density at radius 1 is 1.54 bits per heavy atom. The second kappa shape index (κ2) is 4.19. The first kappa shape index (κ1) is 9.93. The van der Waals surface area contributed by atoms with Gasteiger partial charge in [-0.15, -0.1) is 0 Å². The fourth-order valence-electron chi connectivity index (χ4n) is 0.788. The van der Waals surface area contributed by atoms with E-state index in [9.17, 15) is 9.59 Å². The summed E-state index contributed by atoms with van der Waals surface area (Å²) in [4.78, 5) is 24.9. The van der Waals surface area contributed by atoms with Crippen LogP contribution in [0.5, 0.6) is 0 Å². The van der Waals surface area contributed by atoms with Gasteiger partial charge in [-0.05, 0) is 0 Å². The molecule has 0 aliphatic heterocycles. The average Bonchev–Trinajstić information content (AvgIpc) is 2.03. The topological polar surface area (TPSA) is 67.3 Å². The summed E-state index contributed by atoms with van der Waals surface area (Å²) in [6.07, 6.45) is 1.41. The molecule has 0 saturated heterocycles. The van der Waals surface area contributed by atoms with Crippen molar-refractivity contribution in [3.05, 3.63) is 24.0 Å². The predicted molar refractivity (Wildman–Crippen MR) is 47.3 cm³/mol. The number of nitrogens with zero attached hydrogens (tertiary/aromatic N) is 1. The van der Waals surface area contributed by atoms with Gasteiger partial charge in [0.05, 0.1) is 0 Å². The number of aromatic carboxylic acids is 1. The minimum atomic E-state index is -1.06. The Morgan fingerprint density at radius 3 is 2.77 bits per heavy atom. The average molecular weight is 240 g/mol. The molecule has 5 heteroatoms. The van der Waals surface area contributed by atoms with Crippen LogP contribution in [-0.2, 0) is 4.79 Å². The van der Waals surface area contributed by atoms with Crippen LogP contribution in [0.2, 0.25) is 0 Å². The predicted octanol–water partition coefficient (Wildman–Crippen LogP) is -0.344. The van der Waals surface area contributed by atoms with Gasteiger partial charge in [0.15, 0.2) is 0 Å². The van der Waals surface area contributed by atoms with E-state index in [1.54, 1.807) is 6.07 Å². The zero-order valence-electron chi connectivity index (χ0n) is 6.89. The van der Waals surface area contributed by atoms with E-state index in [1.807, 2.05) is 0 Å². The van der Waals surface area contributed by atoms with Crippen molar-refractivity contribution in [3.63, 3.8) is 0 Å². The van der Waals surface area contributed by atoms with Gasteiger partial charge in [0.1, 0.15) is 0 Å². The summed E-state index contributed by atoms with van der Waals surface area (Å²) in [5, 5.41) is 8.61. The standard InChI is InChI=1S/C8H7AsNO3/c1-5(11)9-6-2-3-10-7(4-6)8(12)13/h2-4H,1H3,(H,12,13). The van der Waals surface area contributed by atoms with E-state index in [0.29, 0.717) is 0 Å². The summed E-state index contributed by atoms with van der Waals surface area (Å²) in [6.45, 7) is 1.50. The number of carbonyl (C=O) groups is 2. The Kier molecular flexibility index (Phi) is 3.20. The quantitative estimate of drug-likeness (QED) is 0.733. The van der Waals surface area contributed by atoms with Crippen molar-refractivity contribution in [2.75, 3.05) is 0 Å². The Labute approximate surface area is 81.7 Å². The fraction of sp³-hybridized carbons (Fsp3) is 0.125. The first-order valence-corrected chi connectivity index (χ1v) is 5.39. The molecule has 1 aromatic rings. The molecule has 13 heavy (non-hydrogen) atoms. The molecule has 1 heterocycles. The van der Waals surface area contributed by atoms with E-state index in [0.717, 1.165) is 4.35 Å². The van der Waals surface area contributed by atoms with Crippen molar-refractivity contribution in [1.82, 2.24) is 4.98 Å². The van der Waals surface area contributed by atoms with Gasteiger partial charge < -0.3 is 0 Å². The summed E-state index contributed by atoms with van der Waals surface area (Å²) < 4.78 is 0.870. The van der Waals surface area contributed by atoms with Crippen LogP contribution in [0.4, 0.5) is 0 Å².